The van der Waals surface area contributed by atoms with Gasteiger partial charge in [0.1, 0.15) is 0 Å². The highest BCUT2D eigenvalue weighted by atomic mass is 35.5. The lowest BCUT2D eigenvalue weighted by atomic mass is 10.2. The van der Waals surface area contributed by atoms with Crippen LogP contribution in [0.15, 0.2) is 48.5 Å². The van der Waals surface area contributed by atoms with Crippen molar-refractivity contribution in [2.45, 2.75) is 6.92 Å². The number of amides is 2. The van der Waals surface area contributed by atoms with E-state index in [-0.39, 0.29) is 16.9 Å². The van der Waals surface area contributed by atoms with E-state index in [4.69, 9.17) is 23.8 Å². The first kappa shape index (κ1) is 17.9. The normalized spacial score (nSPS) is 9.92. The van der Waals surface area contributed by atoms with Gasteiger partial charge in [0.2, 0.25) is 0 Å². The zero-order valence-corrected chi connectivity index (χ0v) is 14.5. The lowest BCUT2D eigenvalue weighted by molar-refractivity contribution is 0.0953. The second kappa shape index (κ2) is 8.42. The number of hydrogen-bond acceptors (Lipinski definition) is 3. The maximum Gasteiger partial charge on any atom is 0.257 e. The van der Waals surface area contributed by atoms with Gasteiger partial charge < -0.3 is 10.6 Å². The van der Waals surface area contributed by atoms with E-state index in [1.165, 1.54) is 0 Å². The third kappa shape index (κ3) is 5.04. The zero-order valence-electron chi connectivity index (χ0n) is 12.9. The number of thiocarbonyl (C=S) groups is 1. The van der Waals surface area contributed by atoms with E-state index >= 15 is 0 Å². The van der Waals surface area contributed by atoms with Crippen LogP contribution in [-0.4, -0.2) is 23.5 Å². The summed E-state index contributed by atoms with van der Waals surface area (Å²) >= 11 is 10.9. The molecule has 3 N–H and O–H groups in total. The summed E-state index contributed by atoms with van der Waals surface area (Å²) in [6, 6.07) is 13.3. The number of rotatable bonds is 4. The van der Waals surface area contributed by atoms with Crippen LogP contribution in [0.4, 0.5) is 5.69 Å². The molecule has 7 heteroatoms. The molecule has 2 aromatic carbocycles. The van der Waals surface area contributed by atoms with Gasteiger partial charge in [-0.1, -0.05) is 17.7 Å². The van der Waals surface area contributed by atoms with Crippen molar-refractivity contribution in [1.29, 1.82) is 0 Å². The Morgan fingerprint density at radius 3 is 2.42 bits per heavy atom. The van der Waals surface area contributed by atoms with Crippen LogP contribution >= 0.6 is 23.8 Å². The highest BCUT2D eigenvalue weighted by molar-refractivity contribution is 7.80. The van der Waals surface area contributed by atoms with E-state index in [1.54, 1.807) is 48.5 Å². The van der Waals surface area contributed by atoms with Gasteiger partial charge in [0.05, 0.1) is 0 Å². The van der Waals surface area contributed by atoms with Gasteiger partial charge in [-0.05, 0) is 61.6 Å². The minimum Gasteiger partial charge on any atom is -0.352 e. The fourth-order valence-corrected chi connectivity index (χ4v) is 2.28. The molecule has 0 radical (unpaired) electrons. The molecule has 0 aliphatic carbocycles. The summed E-state index contributed by atoms with van der Waals surface area (Å²) in [4.78, 5) is 23.9. The molecule has 0 aliphatic rings. The summed E-state index contributed by atoms with van der Waals surface area (Å²) in [6.07, 6.45) is 0. The molecule has 2 amide bonds. The van der Waals surface area contributed by atoms with Crippen molar-refractivity contribution in [3.05, 3.63) is 64.7 Å². The molecular formula is C17H16ClN3O2S. The van der Waals surface area contributed by atoms with E-state index in [0.29, 0.717) is 28.4 Å². The number of halogens is 1. The van der Waals surface area contributed by atoms with Gasteiger partial charge in [0, 0.05) is 28.4 Å². The van der Waals surface area contributed by atoms with Crippen LogP contribution in [0.1, 0.15) is 27.6 Å². The lowest BCUT2D eigenvalue weighted by Crippen LogP contribution is -2.34. The molecule has 0 fully saturated rings. The van der Waals surface area contributed by atoms with Crippen LogP contribution in [-0.2, 0) is 0 Å². The topological polar surface area (TPSA) is 70.2 Å². The Kier molecular flexibility index (Phi) is 6.28. The van der Waals surface area contributed by atoms with E-state index in [1.807, 2.05) is 6.92 Å². The molecule has 2 aromatic rings. The molecule has 5 nitrogen and oxygen atoms in total. The molecule has 0 aromatic heterocycles. The highest BCUT2D eigenvalue weighted by Gasteiger charge is 2.09. The Labute approximate surface area is 150 Å². The number of hydrogen-bond donors (Lipinski definition) is 3. The van der Waals surface area contributed by atoms with E-state index < -0.39 is 0 Å². The largest absolute Gasteiger partial charge is 0.352 e. The van der Waals surface area contributed by atoms with Crippen molar-refractivity contribution in [2.24, 2.45) is 0 Å². The lowest BCUT2D eigenvalue weighted by Gasteiger charge is -2.11. The fraction of sp³-hybridized carbons (Fsp3) is 0.118. The molecule has 0 saturated carbocycles. The molecule has 0 bridgehead atoms. The van der Waals surface area contributed by atoms with Crippen molar-refractivity contribution in [2.75, 3.05) is 11.9 Å². The van der Waals surface area contributed by atoms with Crippen LogP contribution < -0.4 is 16.0 Å². The number of benzene rings is 2. The summed E-state index contributed by atoms with van der Waals surface area (Å²) in [5.41, 5.74) is 1.56. The second-order valence-corrected chi connectivity index (χ2v) is 5.70. The Bertz CT molecular complexity index is 763. The smallest absolute Gasteiger partial charge is 0.257 e. The van der Waals surface area contributed by atoms with Crippen molar-refractivity contribution in [1.82, 2.24) is 10.6 Å². The van der Waals surface area contributed by atoms with Gasteiger partial charge >= 0.3 is 0 Å². The average Bonchev–Trinajstić information content (AvgIpc) is 2.55. The van der Waals surface area contributed by atoms with Crippen LogP contribution in [0, 0.1) is 0 Å². The molecule has 0 aliphatic heterocycles. The van der Waals surface area contributed by atoms with Gasteiger partial charge in [-0.3, -0.25) is 14.9 Å². The molecule has 0 unspecified atom stereocenters. The standard InChI is InChI=1S/C17H16ClN3O2S/c1-2-19-15(22)12-4-3-5-14(10-12)20-17(24)21-16(23)11-6-8-13(18)9-7-11/h3-10H,2H2,1H3,(H,19,22)(H2,20,21,23,24). The van der Waals surface area contributed by atoms with Gasteiger partial charge in [0.15, 0.2) is 5.11 Å². The Morgan fingerprint density at radius 1 is 1.04 bits per heavy atom. The van der Waals surface area contributed by atoms with Crippen LogP contribution in [0.2, 0.25) is 5.02 Å². The summed E-state index contributed by atoms with van der Waals surface area (Å²) < 4.78 is 0. The zero-order chi connectivity index (χ0) is 17.5. The van der Waals surface area contributed by atoms with Crippen molar-refractivity contribution in [3.8, 4) is 0 Å². The minimum atomic E-state index is -0.343. The van der Waals surface area contributed by atoms with Crippen molar-refractivity contribution < 1.29 is 9.59 Å². The van der Waals surface area contributed by atoms with Gasteiger partial charge in [0.25, 0.3) is 11.8 Å². The Balaban J connectivity index is 1.99. The first-order chi connectivity index (χ1) is 11.5. The number of carbonyl (C=O) groups is 2. The third-order valence-corrected chi connectivity index (χ3v) is 3.51. The molecule has 24 heavy (non-hydrogen) atoms. The molecule has 0 spiro atoms. The van der Waals surface area contributed by atoms with Crippen LogP contribution in [0.25, 0.3) is 0 Å². The van der Waals surface area contributed by atoms with E-state index in [0.717, 1.165) is 0 Å². The summed E-state index contributed by atoms with van der Waals surface area (Å²) in [6.45, 7) is 2.40. The first-order valence-electron chi connectivity index (χ1n) is 7.25. The maximum absolute atomic E-state index is 12.1. The van der Waals surface area contributed by atoms with Crippen LogP contribution in [0.5, 0.6) is 0 Å². The molecule has 124 valence electrons. The van der Waals surface area contributed by atoms with Gasteiger partial charge in [-0.25, -0.2) is 0 Å². The van der Waals surface area contributed by atoms with E-state index in [2.05, 4.69) is 16.0 Å². The Hall–Kier alpha value is -2.44. The van der Waals surface area contributed by atoms with Crippen molar-refractivity contribution >= 4 is 46.4 Å². The first-order valence-corrected chi connectivity index (χ1v) is 8.04. The molecular weight excluding hydrogens is 346 g/mol. The fourth-order valence-electron chi connectivity index (χ4n) is 1.94. The molecule has 0 saturated heterocycles. The Morgan fingerprint density at radius 2 is 1.75 bits per heavy atom. The molecule has 0 atom stereocenters. The average molecular weight is 362 g/mol. The number of carbonyl (C=O) groups excluding carboxylic acids is 2. The van der Waals surface area contributed by atoms with Crippen LogP contribution in [0.3, 0.4) is 0 Å². The maximum atomic E-state index is 12.1. The number of anilines is 1. The van der Waals surface area contributed by atoms with Crippen molar-refractivity contribution in [3.63, 3.8) is 0 Å². The monoisotopic (exact) mass is 361 g/mol. The van der Waals surface area contributed by atoms with Gasteiger partial charge in [-0.2, -0.15) is 0 Å². The van der Waals surface area contributed by atoms with Gasteiger partial charge in [-0.15, -0.1) is 0 Å². The predicted molar refractivity (Wildman–Crippen MR) is 99.6 cm³/mol. The summed E-state index contributed by atoms with van der Waals surface area (Å²) in [5.74, 6) is -0.513. The second-order valence-electron chi connectivity index (χ2n) is 4.86. The molecule has 2 rings (SSSR count). The predicted octanol–water partition coefficient (Wildman–Crippen LogP) is 3.22. The summed E-state index contributed by atoms with van der Waals surface area (Å²) in [7, 11) is 0. The minimum absolute atomic E-state index is 0.142. The summed E-state index contributed by atoms with van der Waals surface area (Å²) in [5, 5.41) is 8.87. The third-order valence-electron chi connectivity index (χ3n) is 3.05. The van der Waals surface area contributed by atoms with E-state index in [9.17, 15) is 9.59 Å². The molecule has 0 heterocycles. The highest BCUT2D eigenvalue weighted by Crippen LogP contribution is 2.11. The SMILES string of the molecule is CCNC(=O)c1cccc(NC(=S)NC(=O)c2ccc(Cl)cc2)c1. The quantitative estimate of drug-likeness (QED) is 0.731. The number of nitrogens with one attached hydrogen (secondary N) is 3.